The molecule has 2 heterocycles. The van der Waals surface area contributed by atoms with Crippen molar-refractivity contribution in [2.75, 3.05) is 7.11 Å². The number of phosphoric ester groups is 1. The molecule has 8 nitrogen and oxygen atoms in total. The van der Waals surface area contributed by atoms with Gasteiger partial charge in [-0.3, -0.25) is 0 Å². The first-order valence-electron chi connectivity index (χ1n) is 5.66. The molecule has 20 heavy (non-hydrogen) atoms. The molecule has 0 atom stereocenters. The van der Waals surface area contributed by atoms with Crippen molar-refractivity contribution in [2.24, 2.45) is 28.2 Å². The summed E-state index contributed by atoms with van der Waals surface area (Å²) in [6.07, 6.45) is 12.0. The van der Waals surface area contributed by atoms with Crippen LogP contribution in [0.15, 0.2) is 37.4 Å². The lowest BCUT2D eigenvalue weighted by Gasteiger charge is -2.25. The zero-order chi connectivity index (χ0) is 15.8. The first-order valence-corrected chi connectivity index (χ1v) is 7.12. The highest BCUT2D eigenvalue weighted by molar-refractivity contribution is 7.43. The molecule has 114 valence electrons. The molecule has 0 spiro atoms. The number of aromatic nitrogens is 4. The van der Waals surface area contributed by atoms with Crippen molar-refractivity contribution in [3.05, 3.63) is 37.4 Å². The van der Waals surface area contributed by atoms with Crippen LogP contribution in [0.3, 0.4) is 0 Å². The van der Waals surface area contributed by atoms with Crippen molar-refractivity contribution < 1.29 is 28.0 Å². The summed E-state index contributed by atoms with van der Waals surface area (Å²) >= 11 is 0. The summed E-state index contributed by atoms with van der Waals surface area (Å²) in [4.78, 5) is 18.5. The van der Waals surface area contributed by atoms with E-state index in [1.54, 1.807) is 0 Å². The molecule has 0 saturated heterocycles. The molecule has 0 saturated carbocycles. The average Bonchev–Trinajstić information content (AvgIpc) is 2.88. The molecular formula is C11H21N4O4P. The number of hydrogen-bond acceptors (Lipinski definition) is 4. The number of imidazole rings is 2. The first kappa shape index (κ1) is 18.5. The van der Waals surface area contributed by atoms with Crippen LogP contribution in [-0.2, 0) is 37.3 Å². The Labute approximate surface area is 118 Å². The van der Waals surface area contributed by atoms with E-state index in [4.69, 9.17) is 0 Å². The van der Waals surface area contributed by atoms with E-state index in [9.17, 15) is 14.4 Å². The molecule has 0 aromatic carbocycles. The van der Waals surface area contributed by atoms with E-state index in [0.29, 0.717) is 0 Å². The Kier molecular flexibility index (Phi) is 8.02. The Morgan fingerprint density at radius 1 is 1.00 bits per heavy atom. The second-order valence-corrected chi connectivity index (χ2v) is 5.38. The van der Waals surface area contributed by atoms with Gasteiger partial charge < -0.3 is 18.9 Å². The largest absolute Gasteiger partial charge is 0.790 e. The predicted molar refractivity (Wildman–Crippen MR) is 67.8 cm³/mol. The predicted octanol–water partition coefficient (Wildman–Crippen LogP) is -1.84. The van der Waals surface area contributed by atoms with Crippen molar-refractivity contribution in [2.45, 2.75) is 0 Å². The Bertz CT molecular complexity index is 475. The van der Waals surface area contributed by atoms with Gasteiger partial charge in [-0.2, -0.15) is 0 Å². The third-order valence-electron chi connectivity index (χ3n) is 2.03. The van der Waals surface area contributed by atoms with Crippen LogP contribution in [-0.4, -0.2) is 16.2 Å². The molecule has 2 rings (SSSR count). The molecule has 9 heteroatoms. The molecule has 0 N–H and O–H groups in total. The van der Waals surface area contributed by atoms with E-state index in [1.165, 1.54) is 0 Å². The van der Waals surface area contributed by atoms with E-state index in [-0.39, 0.29) is 0 Å². The van der Waals surface area contributed by atoms with Crippen LogP contribution in [0.5, 0.6) is 0 Å². The van der Waals surface area contributed by atoms with Crippen molar-refractivity contribution in [3.8, 4) is 0 Å². The Morgan fingerprint density at radius 2 is 1.30 bits per heavy atom. The number of aryl methyl sites for hydroxylation is 4. The van der Waals surface area contributed by atoms with Crippen molar-refractivity contribution in [3.63, 3.8) is 0 Å². The van der Waals surface area contributed by atoms with Crippen LogP contribution in [0, 0.1) is 0 Å². The smallest absolute Gasteiger partial charge is 0.243 e. The van der Waals surface area contributed by atoms with E-state index in [0.717, 1.165) is 7.11 Å². The standard InChI is InChI=1S/2C5H9N2.CH5O4P/c2*1-6-3-4-7(2)5-6;1-5-6(2,3)4/h2*3-5H,1-2H3;1H3,(H2,2,3,4)/q2*+1;/p-2. The van der Waals surface area contributed by atoms with Gasteiger partial charge in [-0.15, -0.1) is 0 Å². The molecular weight excluding hydrogens is 283 g/mol. The molecule has 2 aromatic heterocycles. The lowest BCUT2D eigenvalue weighted by Crippen LogP contribution is -2.23. The normalized spacial score (nSPS) is 10.2. The highest BCUT2D eigenvalue weighted by Gasteiger charge is 1.88. The van der Waals surface area contributed by atoms with Gasteiger partial charge >= 0.3 is 0 Å². The summed E-state index contributed by atoms with van der Waals surface area (Å²) in [5, 5.41) is 0. The van der Waals surface area contributed by atoms with Crippen LogP contribution in [0.1, 0.15) is 0 Å². The minimum Gasteiger partial charge on any atom is -0.790 e. The quantitative estimate of drug-likeness (QED) is 0.457. The van der Waals surface area contributed by atoms with Crippen LogP contribution < -0.4 is 18.9 Å². The lowest BCUT2D eigenvalue weighted by molar-refractivity contribution is -0.671. The summed E-state index contributed by atoms with van der Waals surface area (Å²) in [7, 11) is 4.17. The first-order chi connectivity index (χ1) is 9.14. The van der Waals surface area contributed by atoms with E-state index >= 15 is 0 Å². The average molecular weight is 304 g/mol. The van der Waals surface area contributed by atoms with E-state index in [1.807, 2.05) is 83.9 Å². The number of rotatable bonds is 1. The maximum absolute atomic E-state index is 9.25. The van der Waals surface area contributed by atoms with Crippen molar-refractivity contribution in [1.29, 1.82) is 0 Å². The lowest BCUT2D eigenvalue weighted by atomic mass is 10.9. The summed E-state index contributed by atoms with van der Waals surface area (Å²) in [5.74, 6) is 0. The van der Waals surface area contributed by atoms with Gasteiger partial charge in [-0.25, -0.2) is 18.3 Å². The van der Waals surface area contributed by atoms with E-state index < -0.39 is 7.82 Å². The summed E-state index contributed by atoms with van der Waals surface area (Å²) < 4.78 is 20.6. The minimum absolute atomic E-state index is 0.820. The van der Waals surface area contributed by atoms with Crippen molar-refractivity contribution >= 4 is 7.82 Å². The second kappa shape index (κ2) is 8.65. The van der Waals surface area contributed by atoms with Crippen LogP contribution >= 0.6 is 7.82 Å². The molecule has 0 bridgehead atoms. The van der Waals surface area contributed by atoms with Gasteiger partial charge in [0.15, 0.2) is 0 Å². The molecule has 2 aromatic rings. The molecule has 0 aliphatic carbocycles. The van der Waals surface area contributed by atoms with Gasteiger partial charge in [0.05, 0.1) is 36.0 Å². The fourth-order valence-electron chi connectivity index (χ4n) is 1.15. The van der Waals surface area contributed by atoms with Gasteiger partial charge in [-0.05, 0) is 0 Å². The molecule has 0 amide bonds. The van der Waals surface area contributed by atoms with E-state index in [2.05, 4.69) is 4.52 Å². The zero-order valence-electron chi connectivity index (χ0n) is 12.3. The molecule has 0 aliphatic heterocycles. The monoisotopic (exact) mass is 304 g/mol. The van der Waals surface area contributed by atoms with Gasteiger partial charge in [0.2, 0.25) is 12.7 Å². The molecule has 0 aliphatic rings. The van der Waals surface area contributed by atoms with Crippen LogP contribution in [0.25, 0.3) is 0 Å². The molecule has 0 fully saturated rings. The van der Waals surface area contributed by atoms with Gasteiger partial charge in [0, 0.05) is 7.11 Å². The van der Waals surface area contributed by atoms with Gasteiger partial charge in [0.25, 0.3) is 0 Å². The number of nitrogens with zero attached hydrogens (tertiary/aromatic N) is 4. The zero-order valence-corrected chi connectivity index (χ0v) is 13.2. The second-order valence-electron chi connectivity index (χ2n) is 4.12. The Balaban J connectivity index is 0.000000272. The minimum atomic E-state index is -4.65. The topological polar surface area (TPSA) is 90.0 Å². The van der Waals surface area contributed by atoms with Gasteiger partial charge in [0.1, 0.15) is 24.8 Å². The Morgan fingerprint density at radius 3 is 1.35 bits per heavy atom. The van der Waals surface area contributed by atoms with Crippen LogP contribution in [0.2, 0.25) is 0 Å². The third-order valence-corrected chi connectivity index (χ3v) is 2.47. The number of phosphoric acid groups is 1. The summed E-state index contributed by atoms with van der Waals surface area (Å²) in [6.45, 7) is 0. The number of hydrogen-bond donors (Lipinski definition) is 0. The highest BCUT2D eigenvalue weighted by Crippen LogP contribution is 2.21. The molecule has 0 unspecified atom stereocenters. The maximum Gasteiger partial charge on any atom is 0.243 e. The molecule has 0 radical (unpaired) electrons. The Hall–Kier alpha value is -1.47. The summed E-state index contributed by atoms with van der Waals surface area (Å²) in [5.41, 5.74) is 0. The van der Waals surface area contributed by atoms with Crippen molar-refractivity contribution in [1.82, 2.24) is 9.13 Å². The fraction of sp³-hybridized carbons (Fsp3) is 0.455. The van der Waals surface area contributed by atoms with Crippen LogP contribution in [0.4, 0.5) is 0 Å². The highest BCUT2D eigenvalue weighted by atomic mass is 31.2. The summed E-state index contributed by atoms with van der Waals surface area (Å²) in [6, 6.07) is 0. The SMILES string of the molecule is COP(=O)([O-])[O-].Cn1cc[n+](C)c1.Cn1cc[n+](C)c1. The third kappa shape index (κ3) is 10.5. The van der Waals surface area contributed by atoms with Gasteiger partial charge in [-0.1, -0.05) is 0 Å². The maximum atomic E-state index is 9.25. The fourth-order valence-corrected chi connectivity index (χ4v) is 1.15.